The maximum absolute atomic E-state index is 5.76. The van der Waals surface area contributed by atoms with Crippen molar-refractivity contribution in [3.8, 4) is 11.1 Å². The molecule has 3 aromatic rings. The van der Waals surface area contributed by atoms with Gasteiger partial charge in [-0.2, -0.15) is 0 Å². The Morgan fingerprint density at radius 1 is 0.947 bits per heavy atom. The van der Waals surface area contributed by atoms with Gasteiger partial charge in [-0.1, -0.05) is 12.1 Å². The number of nitrogens with two attached hydrogens (primary N) is 1. The van der Waals surface area contributed by atoms with Gasteiger partial charge in [0.05, 0.1) is 5.52 Å². The van der Waals surface area contributed by atoms with Crippen molar-refractivity contribution < 1.29 is 0 Å². The standard InChI is InChI=1S/C17H16N2/c18-16-5-3-12(4-6-16)15-10-13-2-1-8-19-9-7-14(11-15)17(13)19/h3-7,9-11H,1-2,8,18H2. The molecule has 0 fully saturated rings. The van der Waals surface area contributed by atoms with Gasteiger partial charge in [0.25, 0.3) is 0 Å². The van der Waals surface area contributed by atoms with E-state index in [1.807, 2.05) is 12.1 Å². The zero-order valence-corrected chi connectivity index (χ0v) is 10.8. The van der Waals surface area contributed by atoms with Crippen molar-refractivity contribution in [1.29, 1.82) is 0 Å². The summed E-state index contributed by atoms with van der Waals surface area (Å²) in [4.78, 5) is 0. The van der Waals surface area contributed by atoms with Gasteiger partial charge in [0.2, 0.25) is 0 Å². The normalized spacial score (nSPS) is 13.9. The molecule has 4 rings (SSSR count). The van der Waals surface area contributed by atoms with Gasteiger partial charge in [-0.3, -0.25) is 0 Å². The molecular weight excluding hydrogens is 232 g/mol. The maximum Gasteiger partial charge on any atom is 0.0513 e. The molecule has 0 amide bonds. The lowest BCUT2D eigenvalue weighted by atomic mass is 9.96. The van der Waals surface area contributed by atoms with Crippen LogP contribution in [-0.4, -0.2) is 4.57 Å². The van der Waals surface area contributed by atoms with E-state index in [1.54, 1.807) is 0 Å². The lowest BCUT2D eigenvalue weighted by Gasteiger charge is -2.17. The van der Waals surface area contributed by atoms with Crippen LogP contribution in [0.3, 0.4) is 0 Å². The molecule has 1 aromatic heterocycles. The number of hydrogen-bond donors (Lipinski definition) is 1. The number of aromatic nitrogens is 1. The summed E-state index contributed by atoms with van der Waals surface area (Å²) < 4.78 is 2.38. The number of aryl methyl sites for hydroxylation is 2. The second kappa shape index (κ2) is 3.89. The molecule has 1 aliphatic heterocycles. The third-order valence-corrected chi connectivity index (χ3v) is 4.03. The molecule has 0 spiro atoms. The lowest BCUT2D eigenvalue weighted by Crippen LogP contribution is -2.06. The first-order valence-electron chi connectivity index (χ1n) is 6.79. The van der Waals surface area contributed by atoms with Crippen LogP contribution >= 0.6 is 0 Å². The topological polar surface area (TPSA) is 30.9 Å². The fraction of sp³-hybridized carbons (Fsp3) is 0.176. The van der Waals surface area contributed by atoms with Crippen molar-refractivity contribution in [2.24, 2.45) is 0 Å². The van der Waals surface area contributed by atoms with E-state index in [9.17, 15) is 0 Å². The first kappa shape index (κ1) is 10.7. The van der Waals surface area contributed by atoms with Gasteiger partial charge in [-0.05, 0) is 59.9 Å². The van der Waals surface area contributed by atoms with E-state index in [0.717, 1.165) is 12.2 Å². The molecule has 0 saturated carbocycles. The van der Waals surface area contributed by atoms with Gasteiger partial charge in [-0.25, -0.2) is 0 Å². The first-order chi connectivity index (χ1) is 9.31. The average molecular weight is 248 g/mol. The van der Waals surface area contributed by atoms with E-state index < -0.39 is 0 Å². The zero-order valence-electron chi connectivity index (χ0n) is 10.8. The van der Waals surface area contributed by atoms with E-state index >= 15 is 0 Å². The van der Waals surface area contributed by atoms with Gasteiger partial charge in [0.15, 0.2) is 0 Å². The third kappa shape index (κ3) is 1.64. The van der Waals surface area contributed by atoms with Crippen LogP contribution in [0.5, 0.6) is 0 Å². The SMILES string of the molecule is Nc1ccc(-c2cc3c4c(ccn4CCC3)c2)cc1. The molecule has 0 saturated heterocycles. The molecule has 0 atom stereocenters. The van der Waals surface area contributed by atoms with E-state index in [0.29, 0.717) is 0 Å². The largest absolute Gasteiger partial charge is 0.399 e. The van der Waals surface area contributed by atoms with Crippen molar-refractivity contribution in [3.05, 3.63) is 54.2 Å². The Morgan fingerprint density at radius 2 is 1.79 bits per heavy atom. The second-order valence-electron chi connectivity index (χ2n) is 5.31. The van der Waals surface area contributed by atoms with Crippen LogP contribution in [0.1, 0.15) is 12.0 Å². The molecule has 19 heavy (non-hydrogen) atoms. The molecule has 2 nitrogen and oxygen atoms in total. The summed E-state index contributed by atoms with van der Waals surface area (Å²) in [6.45, 7) is 1.15. The molecule has 2 heteroatoms. The summed E-state index contributed by atoms with van der Waals surface area (Å²) in [5.41, 5.74) is 12.0. The Morgan fingerprint density at radius 3 is 2.63 bits per heavy atom. The molecule has 0 unspecified atom stereocenters. The minimum Gasteiger partial charge on any atom is -0.399 e. The van der Waals surface area contributed by atoms with Gasteiger partial charge >= 0.3 is 0 Å². The lowest BCUT2D eigenvalue weighted by molar-refractivity contribution is 0.636. The number of hydrogen-bond acceptors (Lipinski definition) is 1. The summed E-state index contributed by atoms with van der Waals surface area (Å²) in [6, 6.07) is 15.0. The molecule has 0 radical (unpaired) electrons. The van der Waals surface area contributed by atoms with Crippen LogP contribution in [0.4, 0.5) is 5.69 Å². The van der Waals surface area contributed by atoms with Crippen LogP contribution in [-0.2, 0) is 13.0 Å². The molecule has 2 N–H and O–H groups in total. The van der Waals surface area contributed by atoms with Crippen LogP contribution in [0.25, 0.3) is 22.0 Å². The number of nitrogen functional groups attached to an aromatic ring is 1. The number of benzene rings is 2. The van der Waals surface area contributed by atoms with E-state index in [2.05, 4.69) is 41.1 Å². The van der Waals surface area contributed by atoms with Crippen molar-refractivity contribution >= 4 is 16.6 Å². The highest BCUT2D eigenvalue weighted by molar-refractivity contribution is 5.89. The summed E-state index contributed by atoms with van der Waals surface area (Å²) in [7, 11) is 0. The Balaban J connectivity index is 1.94. The van der Waals surface area contributed by atoms with Gasteiger partial charge in [0, 0.05) is 23.8 Å². The quantitative estimate of drug-likeness (QED) is 0.652. The Kier molecular flexibility index (Phi) is 2.18. The molecular formula is C17H16N2. The highest BCUT2D eigenvalue weighted by atomic mass is 15.0. The van der Waals surface area contributed by atoms with Crippen LogP contribution in [0.15, 0.2) is 48.7 Å². The summed E-state index contributed by atoms with van der Waals surface area (Å²) in [5, 5.41) is 1.35. The third-order valence-electron chi connectivity index (χ3n) is 4.03. The van der Waals surface area contributed by atoms with Crippen LogP contribution < -0.4 is 5.73 Å². The number of rotatable bonds is 1. The molecule has 94 valence electrons. The highest BCUT2D eigenvalue weighted by Gasteiger charge is 2.13. The fourth-order valence-electron chi connectivity index (χ4n) is 3.10. The minimum absolute atomic E-state index is 0.817. The average Bonchev–Trinajstić information content (AvgIpc) is 2.85. The van der Waals surface area contributed by atoms with E-state index in [1.165, 1.54) is 40.4 Å². The zero-order chi connectivity index (χ0) is 12.8. The maximum atomic E-state index is 5.76. The highest BCUT2D eigenvalue weighted by Crippen LogP contribution is 2.32. The Bertz CT molecular complexity index is 751. The van der Waals surface area contributed by atoms with Gasteiger partial charge in [-0.15, -0.1) is 0 Å². The molecule has 1 aliphatic rings. The molecule has 2 heterocycles. The van der Waals surface area contributed by atoms with Crippen molar-refractivity contribution in [2.45, 2.75) is 19.4 Å². The Hall–Kier alpha value is -2.22. The predicted octanol–water partition coefficient (Wildman–Crippen LogP) is 3.84. The van der Waals surface area contributed by atoms with Crippen LogP contribution in [0.2, 0.25) is 0 Å². The van der Waals surface area contributed by atoms with Gasteiger partial charge in [0.1, 0.15) is 0 Å². The van der Waals surface area contributed by atoms with Crippen molar-refractivity contribution in [3.63, 3.8) is 0 Å². The molecule has 2 aromatic carbocycles. The van der Waals surface area contributed by atoms with Crippen LogP contribution in [0, 0.1) is 0 Å². The molecule has 0 bridgehead atoms. The smallest absolute Gasteiger partial charge is 0.0513 e. The van der Waals surface area contributed by atoms with Gasteiger partial charge < -0.3 is 10.3 Å². The number of nitrogens with zero attached hydrogens (tertiary/aromatic N) is 1. The second-order valence-corrected chi connectivity index (χ2v) is 5.31. The van der Waals surface area contributed by atoms with Crippen molar-refractivity contribution in [2.75, 3.05) is 5.73 Å². The minimum atomic E-state index is 0.817. The monoisotopic (exact) mass is 248 g/mol. The van der Waals surface area contributed by atoms with Crippen molar-refractivity contribution in [1.82, 2.24) is 4.57 Å². The first-order valence-corrected chi connectivity index (χ1v) is 6.79. The predicted molar refractivity (Wildman–Crippen MR) is 80.1 cm³/mol. The number of anilines is 1. The van der Waals surface area contributed by atoms with E-state index in [-0.39, 0.29) is 0 Å². The summed E-state index contributed by atoms with van der Waals surface area (Å²) in [5.74, 6) is 0. The fourth-order valence-corrected chi connectivity index (χ4v) is 3.10. The Labute approximate surface area is 112 Å². The van der Waals surface area contributed by atoms with E-state index in [4.69, 9.17) is 5.73 Å². The summed E-state index contributed by atoms with van der Waals surface area (Å²) >= 11 is 0. The molecule has 0 aliphatic carbocycles. The summed E-state index contributed by atoms with van der Waals surface area (Å²) in [6.07, 6.45) is 4.63.